The van der Waals surface area contributed by atoms with Crippen molar-refractivity contribution in [2.75, 3.05) is 45.2 Å². The number of benzene rings is 2. The SMILES string of the molecule is CC(C)C[C@H](c1ccccc1)S(=O)(=O)NC(C)c1ccc(N2CCN(S(=O)(=O)N(C)C)CC2)cc1. The van der Waals surface area contributed by atoms with Gasteiger partial charge in [0.25, 0.3) is 10.2 Å². The van der Waals surface area contributed by atoms with Gasteiger partial charge in [-0.05, 0) is 42.5 Å². The van der Waals surface area contributed by atoms with E-state index < -0.39 is 25.5 Å². The maximum atomic E-state index is 13.3. The third kappa shape index (κ3) is 6.83. The highest BCUT2D eigenvalue weighted by atomic mass is 32.2. The molecule has 10 heteroatoms. The van der Waals surface area contributed by atoms with E-state index in [-0.39, 0.29) is 12.0 Å². The van der Waals surface area contributed by atoms with Crippen LogP contribution in [0.25, 0.3) is 0 Å². The standard InChI is InChI=1S/C25H38N4O4S2/c1-20(2)19-25(23-9-7-6-8-10-23)34(30,31)26-21(3)22-11-13-24(14-12-22)28-15-17-29(18-16-28)35(32,33)27(4)5/h6-14,20-21,25-26H,15-19H2,1-5H3/t21?,25-/m1/s1. The molecule has 0 radical (unpaired) electrons. The fourth-order valence-corrected chi connectivity index (χ4v) is 7.35. The zero-order valence-electron chi connectivity index (χ0n) is 21.3. The molecule has 1 aliphatic rings. The van der Waals surface area contributed by atoms with Crippen molar-refractivity contribution >= 4 is 25.9 Å². The number of anilines is 1. The predicted octanol–water partition coefficient (Wildman–Crippen LogP) is 3.38. The van der Waals surface area contributed by atoms with Crippen LogP contribution in [-0.2, 0) is 20.2 Å². The number of nitrogens with zero attached hydrogens (tertiary/aromatic N) is 3. The topological polar surface area (TPSA) is 90.0 Å². The highest BCUT2D eigenvalue weighted by Crippen LogP contribution is 2.30. The van der Waals surface area contributed by atoms with E-state index >= 15 is 0 Å². The quantitative estimate of drug-likeness (QED) is 0.517. The Morgan fingerprint density at radius 2 is 1.40 bits per heavy atom. The fourth-order valence-electron chi connectivity index (χ4n) is 4.32. The van der Waals surface area contributed by atoms with Gasteiger partial charge in [0.15, 0.2) is 0 Å². The highest BCUT2D eigenvalue weighted by Gasteiger charge is 2.30. The normalized spacial score (nSPS) is 17.6. The molecule has 1 aliphatic heterocycles. The minimum atomic E-state index is -3.60. The number of sulfonamides is 1. The average Bonchev–Trinajstić information content (AvgIpc) is 2.82. The van der Waals surface area contributed by atoms with E-state index in [1.54, 1.807) is 14.1 Å². The molecule has 0 spiro atoms. The molecule has 0 amide bonds. The van der Waals surface area contributed by atoms with Gasteiger partial charge in [-0.3, -0.25) is 0 Å². The van der Waals surface area contributed by atoms with E-state index in [4.69, 9.17) is 0 Å². The van der Waals surface area contributed by atoms with Crippen LogP contribution < -0.4 is 9.62 Å². The van der Waals surface area contributed by atoms with Crippen molar-refractivity contribution < 1.29 is 16.8 Å². The second-order valence-electron chi connectivity index (χ2n) is 9.68. The van der Waals surface area contributed by atoms with Crippen LogP contribution in [0.3, 0.4) is 0 Å². The summed E-state index contributed by atoms with van der Waals surface area (Å²) < 4.78 is 57.0. The third-order valence-corrected chi connectivity index (χ3v) is 10.2. The number of rotatable bonds is 10. The van der Waals surface area contributed by atoms with Gasteiger partial charge in [-0.25, -0.2) is 13.1 Å². The van der Waals surface area contributed by atoms with Gasteiger partial charge in [0, 0.05) is 52.0 Å². The highest BCUT2D eigenvalue weighted by molar-refractivity contribution is 7.89. The van der Waals surface area contributed by atoms with E-state index in [2.05, 4.69) is 9.62 Å². The van der Waals surface area contributed by atoms with Crippen LogP contribution in [0.5, 0.6) is 0 Å². The lowest BCUT2D eigenvalue weighted by atomic mass is 10.0. The summed E-state index contributed by atoms with van der Waals surface area (Å²) in [6.45, 7) is 7.97. The second-order valence-corrected chi connectivity index (χ2v) is 13.7. The Morgan fingerprint density at radius 3 is 1.91 bits per heavy atom. The summed E-state index contributed by atoms with van der Waals surface area (Å²) in [6.07, 6.45) is 0.542. The molecule has 35 heavy (non-hydrogen) atoms. The van der Waals surface area contributed by atoms with Crippen molar-refractivity contribution in [1.82, 2.24) is 13.3 Å². The first-order valence-electron chi connectivity index (χ1n) is 12.0. The summed E-state index contributed by atoms with van der Waals surface area (Å²) >= 11 is 0. The maximum Gasteiger partial charge on any atom is 0.281 e. The Kier molecular flexibility index (Phi) is 8.98. The molecule has 0 bridgehead atoms. The first kappa shape index (κ1) is 27.6. The molecule has 1 heterocycles. The van der Waals surface area contributed by atoms with E-state index in [0.29, 0.717) is 32.6 Å². The molecule has 1 N–H and O–H groups in total. The molecule has 194 valence electrons. The number of piperazine rings is 1. The molecule has 0 saturated carbocycles. The first-order valence-corrected chi connectivity index (χ1v) is 14.9. The molecule has 1 unspecified atom stereocenters. The van der Waals surface area contributed by atoms with Crippen molar-refractivity contribution in [3.05, 3.63) is 65.7 Å². The molecule has 2 aromatic rings. The van der Waals surface area contributed by atoms with Crippen molar-refractivity contribution in [3.63, 3.8) is 0 Å². The zero-order chi connectivity index (χ0) is 25.8. The molecule has 0 aromatic heterocycles. The van der Waals surface area contributed by atoms with Gasteiger partial charge >= 0.3 is 0 Å². The third-order valence-electron chi connectivity index (χ3n) is 6.36. The van der Waals surface area contributed by atoms with Gasteiger partial charge in [0.1, 0.15) is 5.25 Å². The Morgan fingerprint density at radius 1 is 0.829 bits per heavy atom. The largest absolute Gasteiger partial charge is 0.369 e. The van der Waals surface area contributed by atoms with Crippen molar-refractivity contribution in [2.45, 2.75) is 38.5 Å². The van der Waals surface area contributed by atoms with Gasteiger partial charge in [-0.2, -0.15) is 17.0 Å². The van der Waals surface area contributed by atoms with E-state index in [1.165, 1.54) is 8.61 Å². The molecule has 1 saturated heterocycles. The number of hydrogen-bond acceptors (Lipinski definition) is 5. The van der Waals surface area contributed by atoms with Crippen LogP contribution in [0.4, 0.5) is 5.69 Å². The van der Waals surface area contributed by atoms with E-state index in [0.717, 1.165) is 16.8 Å². The lowest BCUT2D eigenvalue weighted by molar-refractivity contribution is 0.355. The molecule has 2 atom stereocenters. The van der Waals surface area contributed by atoms with Crippen molar-refractivity contribution in [1.29, 1.82) is 0 Å². The van der Waals surface area contributed by atoms with Crippen LogP contribution in [0.1, 0.15) is 49.6 Å². The number of hydrogen-bond donors (Lipinski definition) is 1. The summed E-state index contributed by atoms with van der Waals surface area (Å²) in [5.41, 5.74) is 2.67. The summed E-state index contributed by atoms with van der Waals surface area (Å²) in [6, 6.07) is 16.8. The monoisotopic (exact) mass is 522 g/mol. The summed E-state index contributed by atoms with van der Waals surface area (Å²) in [4.78, 5) is 2.15. The van der Waals surface area contributed by atoms with Gasteiger partial charge in [0.2, 0.25) is 10.0 Å². The van der Waals surface area contributed by atoms with Crippen molar-refractivity contribution in [3.8, 4) is 0 Å². The van der Waals surface area contributed by atoms with Gasteiger partial charge in [0.05, 0.1) is 0 Å². The van der Waals surface area contributed by atoms with E-state index in [9.17, 15) is 16.8 Å². The Bertz CT molecular complexity index is 1160. The smallest absolute Gasteiger partial charge is 0.281 e. The molecule has 8 nitrogen and oxygen atoms in total. The molecule has 3 rings (SSSR count). The summed E-state index contributed by atoms with van der Waals surface area (Å²) in [5.74, 6) is 0.236. The Labute approximate surface area is 211 Å². The van der Waals surface area contributed by atoms with E-state index in [1.807, 2.05) is 75.4 Å². The average molecular weight is 523 g/mol. The molecular weight excluding hydrogens is 484 g/mol. The van der Waals surface area contributed by atoms with Gasteiger partial charge < -0.3 is 4.90 Å². The summed E-state index contributed by atoms with van der Waals surface area (Å²) in [5, 5.41) is -0.611. The Hall–Kier alpha value is -1.98. The van der Waals surface area contributed by atoms with Gasteiger partial charge in [-0.15, -0.1) is 0 Å². The summed E-state index contributed by atoms with van der Waals surface area (Å²) in [7, 11) is -3.92. The molecule has 2 aromatic carbocycles. The lowest BCUT2D eigenvalue weighted by Gasteiger charge is -2.36. The maximum absolute atomic E-state index is 13.3. The molecular formula is C25H38N4O4S2. The van der Waals surface area contributed by atoms with Crippen LogP contribution in [0, 0.1) is 5.92 Å². The fraction of sp³-hybridized carbons (Fsp3) is 0.520. The minimum Gasteiger partial charge on any atom is -0.369 e. The first-order chi connectivity index (χ1) is 16.4. The second kappa shape index (κ2) is 11.4. The van der Waals surface area contributed by atoms with Gasteiger partial charge in [-0.1, -0.05) is 56.3 Å². The van der Waals surface area contributed by atoms with Crippen LogP contribution in [-0.4, -0.2) is 65.7 Å². The van der Waals surface area contributed by atoms with Crippen LogP contribution >= 0.6 is 0 Å². The predicted molar refractivity (Wildman–Crippen MR) is 142 cm³/mol. The van der Waals surface area contributed by atoms with Crippen LogP contribution in [0.15, 0.2) is 54.6 Å². The Balaban J connectivity index is 1.67. The van der Waals surface area contributed by atoms with Crippen molar-refractivity contribution in [2.24, 2.45) is 5.92 Å². The van der Waals surface area contributed by atoms with Crippen LogP contribution in [0.2, 0.25) is 0 Å². The minimum absolute atomic E-state index is 0.236. The lowest BCUT2D eigenvalue weighted by Crippen LogP contribution is -2.51. The molecule has 1 fully saturated rings. The number of nitrogens with one attached hydrogen (secondary N) is 1. The molecule has 0 aliphatic carbocycles. The zero-order valence-corrected chi connectivity index (χ0v) is 22.9.